The molecule has 0 aromatic heterocycles. The number of ether oxygens (including phenoxy) is 1. The van der Waals surface area contributed by atoms with Crippen LogP contribution in [-0.4, -0.2) is 16.7 Å². The number of carbonyl (C=O) groups is 1. The van der Waals surface area contributed by atoms with Gasteiger partial charge in [-0.1, -0.05) is 78.7 Å². The second-order valence-corrected chi connectivity index (χ2v) is 11.1. The van der Waals surface area contributed by atoms with Crippen LogP contribution in [0.4, 0.5) is 0 Å². The van der Waals surface area contributed by atoms with Gasteiger partial charge in [0.15, 0.2) is 11.6 Å². The van der Waals surface area contributed by atoms with Crippen LogP contribution in [-0.2, 0) is 9.53 Å². The van der Waals surface area contributed by atoms with Gasteiger partial charge in [-0.2, -0.15) is 0 Å². The maximum absolute atomic E-state index is 14.2. The third-order valence-electron chi connectivity index (χ3n) is 9.15. The number of ketones is 1. The third kappa shape index (κ3) is 3.93. The number of allylic oxidation sites excluding steroid dienone is 2. The monoisotopic (exact) mass is 468 g/mol. The lowest BCUT2D eigenvalue weighted by Crippen LogP contribution is -2.59. The number of benzene rings is 2. The first-order valence-electron chi connectivity index (χ1n) is 13.5. The van der Waals surface area contributed by atoms with Crippen LogP contribution in [0.2, 0.25) is 0 Å². The van der Waals surface area contributed by atoms with Gasteiger partial charge in [-0.25, -0.2) is 0 Å². The fraction of sp³-hybridized carbons (Fsp3) is 0.469. The van der Waals surface area contributed by atoms with Crippen molar-refractivity contribution in [2.75, 3.05) is 0 Å². The van der Waals surface area contributed by atoms with E-state index in [2.05, 4.69) is 36.4 Å². The molecule has 3 heteroatoms. The zero-order chi connectivity index (χ0) is 23.9. The molecule has 3 aliphatic carbocycles. The molecule has 2 aromatic rings. The van der Waals surface area contributed by atoms with E-state index < -0.39 is 17.3 Å². The van der Waals surface area contributed by atoms with Crippen LogP contribution in [0.25, 0.3) is 6.08 Å². The summed E-state index contributed by atoms with van der Waals surface area (Å²) in [4.78, 5) is 14.2. The highest BCUT2D eigenvalue weighted by Crippen LogP contribution is 2.62. The minimum Gasteiger partial charge on any atom is -0.365 e. The van der Waals surface area contributed by atoms with Gasteiger partial charge in [-0.15, -0.1) is 0 Å². The lowest BCUT2D eigenvalue weighted by molar-refractivity contribution is -0.340. The molecular weight excluding hydrogens is 432 g/mol. The van der Waals surface area contributed by atoms with Crippen molar-refractivity contribution in [1.82, 2.24) is 0 Å². The fourth-order valence-corrected chi connectivity index (χ4v) is 7.42. The summed E-state index contributed by atoms with van der Waals surface area (Å²) in [6.45, 7) is 0. The molecule has 35 heavy (non-hydrogen) atoms. The number of hydrogen-bond donors (Lipinski definition) is 1. The van der Waals surface area contributed by atoms with E-state index in [4.69, 9.17) is 4.74 Å². The molecule has 3 nitrogen and oxygen atoms in total. The molecule has 1 heterocycles. The van der Waals surface area contributed by atoms with Crippen LogP contribution >= 0.6 is 0 Å². The number of hydrogen-bond acceptors (Lipinski definition) is 3. The third-order valence-corrected chi connectivity index (χ3v) is 9.15. The van der Waals surface area contributed by atoms with Gasteiger partial charge in [-0.3, -0.25) is 4.79 Å². The van der Waals surface area contributed by atoms with Gasteiger partial charge in [0.05, 0.1) is 11.5 Å². The van der Waals surface area contributed by atoms with Gasteiger partial charge in [0, 0.05) is 11.8 Å². The smallest absolute Gasteiger partial charge is 0.175 e. The zero-order valence-corrected chi connectivity index (χ0v) is 20.5. The first-order valence-corrected chi connectivity index (χ1v) is 13.5. The summed E-state index contributed by atoms with van der Waals surface area (Å²) in [7, 11) is 0. The van der Waals surface area contributed by atoms with Crippen molar-refractivity contribution in [3.8, 4) is 0 Å². The largest absolute Gasteiger partial charge is 0.365 e. The summed E-state index contributed by atoms with van der Waals surface area (Å²) < 4.78 is 6.90. The summed E-state index contributed by atoms with van der Waals surface area (Å²) >= 11 is 0. The molecule has 1 saturated heterocycles. The number of carbonyl (C=O) groups excluding carboxylic acids is 1. The SMILES string of the molecule is O=C1C(=Cc2ccccc2)CC[C@]12C[C@H]1CCC[C@H](C3=CCCCC3)[C@]1(O)O[C@@H]2c1ccccc1. The van der Waals surface area contributed by atoms with E-state index in [-0.39, 0.29) is 17.6 Å². The summed E-state index contributed by atoms with van der Waals surface area (Å²) in [5.41, 5.74) is 3.75. The Morgan fingerprint density at radius 2 is 1.69 bits per heavy atom. The quantitative estimate of drug-likeness (QED) is 0.383. The maximum Gasteiger partial charge on any atom is 0.175 e. The first-order chi connectivity index (χ1) is 17.1. The van der Waals surface area contributed by atoms with E-state index >= 15 is 0 Å². The predicted molar refractivity (Wildman–Crippen MR) is 138 cm³/mol. The molecule has 0 amide bonds. The van der Waals surface area contributed by atoms with Crippen molar-refractivity contribution in [2.24, 2.45) is 17.3 Å². The van der Waals surface area contributed by atoms with Gasteiger partial charge in [0.1, 0.15) is 0 Å². The Bertz CT molecular complexity index is 1130. The molecule has 182 valence electrons. The first kappa shape index (κ1) is 22.9. The van der Waals surface area contributed by atoms with Crippen LogP contribution in [0, 0.1) is 17.3 Å². The summed E-state index contributed by atoms with van der Waals surface area (Å²) in [5, 5.41) is 12.3. The summed E-state index contributed by atoms with van der Waals surface area (Å²) in [5.74, 6) is -0.944. The second kappa shape index (κ2) is 9.19. The normalized spacial score (nSPS) is 36.3. The van der Waals surface area contributed by atoms with Crippen molar-refractivity contribution in [2.45, 2.75) is 76.1 Å². The van der Waals surface area contributed by atoms with Crippen molar-refractivity contribution < 1.29 is 14.6 Å². The molecule has 1 spiro atoms. The number of fused-ring (bicyclic) bond motifs is 1. The minimum atomic E-state index is -1.20. The van der Waals surface area contributed by atoms with Crippen molar-refractivity contribution >= 4 is 11.9 Å². The summed E-state index contributed by atoms with van der Waals surface area (Å²) in [6, 6.07) is 20.3. The Hall–Kier alpha value is -2.49. The topological polar surface area (TPSA) is 46.5 Å². The molecule has 5 atom stereocenters. The molecule has 6 rings (SSSR count). The maximum atomic E-state index is 14.2. The minimum absolute atomic E-state index is 0.0101. The predicted octanol–water partition coefficient (Wildman–Crippen LogP) is 7.19. The molecule has 0 bridgehead atoms. The highest BCUT2D eigenvalue weighted by molar-refractivity contribution is 6.06. The highest BCUT2D eigenvalue weighted by Gasteiger charge is 2.63. The Kier molecular flexibility index (Phi) is 6.02. The lowest BCUT2D eigenvalue weighted by atomic mass is 9.60. The van der Waals surface area contributed by atoms with E-state index in [9.17, 15) is 9.90 Å². The summed E-state index contributed by atoms with van der Waals surface area (Å²) in [6.07, 6.45) is 13.8. The molecule has 4 aliphatic rings. The molecule has 0 unspecified atom stereocenters. The Balaban J connectivity index is 1.40. The van der Waals surface area contributed by atoms with E-state index in [1.807, 2.05) is 36.4 Å². The Morgan fingerprint density at radius 1 is 0.914 bits per heavy atom. The second-order valence-electron chi connectivity index (χ2n) is 11.1. The Morgan fingerprint density at radius 3 is 2.43 bits per heavy atom. The number of aliphatic hydroxyl groups is 1. The Labute approximate surface area is 208 Å². The standard InChI is InChI=1S/C32H36O3/c33-29-26(21-23-11-4-1-5-12-23)19-20-31(29)22-27-17-10-18-28(24-13-6-2-7-14-24)32(27,34)35-30(31)25-15-8-3-9-16-25/h1,3-5,8-9,11-13,15-16,21,27-28,30,34H,2,6-7,10,14,17-20,22H2/t27-,28-,30-,31+,32-/m1/s1. The molecule has 1 N–H and O–H groups in total. The fourth-order valence-electron chi connectivity index (χ4n) is 7.42. The van der Waals surface area contributed by atoms with Crippen molar-refractivity contribution in [3.63, 3.8) is 0 Å². The van der Waals surface area contributed by atoms with Crippen molar-refractivity contribution in [3.05, 3.63) is 89.0 Å². The van der Waals surface area contributed by atoms with Crippen LogP contribution < -0.4 is 0 Å². The number of Topliss-reactive ketones (excluding diaryl/α,β-unsaturated/α-hetero) is 1. The van der Waals surface area contributed by atoms with E-state index in [0.29, 0.717) is 6.42 Å². The van der Waals surface area contributed by atoms with E-state index in [1.165, 1.54) is 18.4 Å². The van der Waals surface area contributed by atoms with Gasteiger partial charge in [0.2, 0.25) is 0 Å². The molecule has 1 aliphatic heterocycles. The van der Waals surface area contributed by atoms with Crippen molar-refractivity contribution in [1.29, 1.82) is 0 Å². The average Bonchev–Trinajstić information content (AvgIpc) is 3.20. The van der Waals surface area contributed by atoms with Gasteiger partial charge >= 0.3 is 0 Å². The number of rotatable bonds is 3. The molecule has 2 aromatic carbocycles. The van der Waals surface area contributed by atoms with Gasteiger partial charge < -0.3 is 9.84 Å². The van der Waals surface area contributed by atoms with Crippen LogP contribution in [0.3, 0.4) is 0 Å². The molecule has 3 fully saturated rings. The van der Waals surface area contributed by atoms with Crippen LogP contribution in [0.15, 0.2) is 77.9 Å². The zero-order valence-electron chi connectivity index (χ0n) is 20.5. The molecule has 2 saturated carbocycles. The highest BCUT2D eigenvalue weighted by atomic mass is 16.6. The molecular formula is C32H36O3. The van der Waals surface area contributed by atoms with Gasteiger partial charge in [0.25, 0.3) is 0 Å². The van der Waals surface area contributed by atoms with Crippen LogP contribution in [0.5, 0.6) is 0 Å². The van der Waals surface area contributed by atoms with Crippen LogP contribution in [0.1, 0.15) is 81.4 Å². The van der Waals surface area contributed by atoms with E-state index in [1.54, 1.807) is 0 Å². The van der Waals surface area contributed by atoms with Gasteiger partial charge in [-0.05, 0) is 80.6 Å². The molecule has 0 radical (unpaired) electrons. The lowest BCUT2D eigenvalue weighted by Gasteiger charge is -2.56. The van der Waals surface area contributed by atoms with E-state index in [0.717, 1.165) is 61.6 Å². The average molecular weight is 469 g/mol.